The molecule has 0 heterocycles. The third kappa shape index (κ3) is 10.6. The minimum atomic E-state index is -0.543. The van der Waals surface area contributed by atoms with Crippen molar-refractivity contribution in [3.63, 3.8) is 0 Å². The van der Waals surface area contributed by atoms with E-state index in [1.165, 1.54) is 17.8 Å². The average Bonchev–Trinajstić information content (AvgIpc) is 3.08. The molecule has 47 heavy (non-hydrogen) atoms. The van der Waals surface area contributed by atoms with Crippen LogP contribution in [0.5, 0.6) is 0 Å². The van der Waals surface area contributed by atoms with E-state index in [9.17, 15) is 19.2 Å². The Morgan fingerprint density at radius 2 is 1.53 bits per heavy atom. The minimum absolute atomic E-state index is 0.0102. The molecule has 0 aromatic heterocycles. The number of anilines is 2. The zero-order valence-corrected chi connectivity index (χ0v) is 27.7. The molecule has 0 aliphatic carbocycles. The maximum Gasteiger partial charge on any atom is 0.338 e. The third-order valence-corrected chi connectivity index (χ3v) is 8.59. The molecule has 0 spiro atoms. The number of hydrogen-bond donors (Lipinski definition) is 3. The van der Waals surface area contributed by atoms with Gasteiger partial charge in [0.15, 0.2) is 0 Å². The quantitative estimate of drug-likeness (QED) is 0.0540. The topological polar surface area (TPSA) is 114 Å². The Morgan fingerprint density at radius 1 is 0.809 bits per heavy atom. The molecule has 0 aliphatic rings. The van der Waals surface area contributed by atoms with Gasteiger partial charge in [-0.25, -0.2) is 4.79 Å². The lowest BCUT2D eigenvalue weighted by atomic mass is 10.1. The van der Waals surface area contributed by atoms with Crippen LogP contribution in [0.4, 0.5) is 11.4 Å². The Balaban J connectivity index is 1.43. The van der Waals surface area contributed by atoms with E-state index in [1.54, 1.807) is 97.1 Å². The average molecular weight is 670 g/mol. The summed E-state index contributed by atoms with van der Waals surface area (Å²) in [5.41, 5.74) is 2.44. The molecule has 1 atom stereocenters. The van der Waals surface area contributed by atoms with E-state index < -0.39 is 23.0 Å². The number of thioether (sulfide) groups is 1. The highest BCUT2D eigenvalue weighted by atomic mass is 35.5. The summed E-state index contributed by atoms with van der Waals surface area (Å²) in [5.74, 6) is -1.57. The first kappa shape index (κ1) is 35.0. The second-order valence-corrected chi connectivity index (χ2v) is 12.1. The number of benzene rings is 4. The van der Waals surface area contributed by atoms with Gasteiger partial charge in [0.2, 0.25) is 5.91 Å². The number of amides is 3. The van der Waals surface area contributed by atoms with Crippen LogP contribution in [0.1, 0.15) is 59.4 Å². The van der Waals surface area contributed by atoms with E-state index in [4.69, 9.17) is 16.3 Å². The number of carbonyl (C=O) groups excluding carboxylic acids is 4. The lowest BCUT2D eigenvalue weighted by Crippen LogP contribution is -2.30. The lowest BCUT2D eigenvalue weighted by molar-refractivity contribution is -0.116. The molecule has 8 nitrogen and oxygen atoms in total. The molecule has 4 aromatic rings. The summed E-state index contributed by atoms with van der Waals surface area (Å²) in [7, 11) is 0. The molecular weight excluding hydrogens is 634 g/mol. The van der Waals surface area contributed by atoms with Crippen molar-refractivity contribution in [2.45, 2.75) is 43.3 Å². The highest BCUT2D eigenvalue weighted by Crippen LogP contribution is 2.29. The maximum absolute atomic E-state index is 13.5. The molecule has 242 valence electrons. The van der Waals surface area contributed by atoms with Gasteiger partial charge in [0.25, 0.3) is 11.8 Å². The van der Waals surface area contributed by atoms with Gasteiger partial charge in [0.1, 0.15) is 5.70 Å². The van der Waals surface area contributed by atoms with Crippen LogP contribution in [-0.2, 0) is 14.3 Å². The molecule has 1 unspecified atom stereocenters. The summed E-state index contributed by atoms with van der Waals surface area (Å²) in [6.07, 6.45) is 3.81. The molecule has 0 fully saturated rings. The Morgan fingerprint density at radius 3 is 2.23 bits per heavy atom. The smallest absolute Gasteiger partial charge is 0.338 e. The number of esters is 1. The molecule has 3 amide bonds. The zero-order valence-electron chi connectivity index (χ0n) is 26.1. The van der Waals surface area contributed by atoms with E-state index in [-0.39, 0.29) is 11.6 Å². The summed E-state index contributed by atoms with van der Waals surface area (Å²) in [5, 5.41) is 8.47. The highest BCUT2D eigenvalue weighted by Gasteiger charge is 2.20. The fraction of sp³-hybridized carbons (Fsp3) is 0.189. The maximum atomic E-state index is 13.5. The number of rotatable bonds is 14. The van der Waals surface area contributed by atoms with E-state index in [0.717, 1.165) is 17.7 Å². The molecule has 0 bridgehead atoms. The van der Waals surface area contributed by atoms with Crippen LogP contribution in [0.2, 0.25) is 5.02 Å². The minimum Gasteiger partial charge on any atom is -0.462 e. The monoisotopic (exact) mass is 669 g/mol. The molecular formula is C37H36ClN3O5S. The Hall–Kier alpha value is -4.86. The van der Waals surface area contributed by atoms with Crippen LogP contribution in [-0.4, -0.2) is 35.5 Å². The second-order valence-electron chi connectivity index (χ2n) is 10.5. The summed E-state index contributed by atoms with van der Waals surface area (Å²) >= 11 is 7.70. The van der Waals surface area contributed by atoms with Crippen molar-refractivity contribution in [1.82, 2.24) is 5.32 Å². The van der Waals surface area contributed by atoms with Gasteiger partial charge in [0, 0.05) is 26.9 Å². The van der Waals surface area contributed by atoms with Gasteiger partial charge in [-0.3, -0.25) is 14.4 Å². The van der Waals surface area contributed by atoms with Crippen molar-refractivity contribution < 1.29 is 23.9 Å². The second kappa shape index (κ2) is 17.7. The van der Waals surface area contributed by atoms with Crippen LogP contribution in [0, 0.1) is 0 Å². The first-order valence-corrected chi connectivity index (χ1v) is 16.5. The van der Waals surface area contributed by atoms with Crippen molar-refractivity contribution in [3.05, 3.63) is 131 Å². The van der Waals surface area contributed by atoms with Crippen molar-refractivity contribution >= 4 is 64.5 Å². The number of carbonyl (C=O) groups is 4. The van der Waals surface area contributed by atoms with Crippen molar-refractivity contribution in [3.8, 4) is 0 Å². The highest BCUT2D eigenvalue weighted by molar-refractivity contribution is 8.00. The van der Waals surface area contributed by atoms with Gasteiger partial charge < -0.3 is 20.7 Å². The van der Waals surface area contributed by atoms with Crippen molar-refractivity contribution in [2.24, 2.45) is 0 Å². The van der Waals surface area contributed by atoms with Crippen LogP contribution >= 0.6 is 23.4 Å². The van der Waals surface area contributed by atoms with Crippen molar-refractivity contribution in [1.29, 1.82) is 0 Å². The van der Waals surface area contributed by atoms with Crippen molar-refractivity contribution in [2.75, 3.05) is 17.2 Å². The molecule has 0 saturated carbocycles. The Labute approximate surface area is 283 Å². The molecule has 0 radical (unpaired) electrons. The van der Waals surface area contributed by atoms with Crippen LogP contribution < -0.4 is 16.0 Å². The molecule has 4 rings (SSSR count). The Kier molecular flexibility index (Phi) is 13.2. The van der Waals surface area contributed by atoms with E-state index in [2.05, 4.69) is 16.0 Å². The summed E-state index contributed by atoms with van der Waals surface area (Å²) in [6, 6.07) is 29.3. The lowest BCUT2D eigenvalue weighted by Gasteiger charge is -2.16. The molecule has 3 N–H and O–H groups in total. The zero-order chi connectivity index (χ0) is 33.6. The molecule has 4 aromatic carbocycles. The number of ether oxygens (including phenoxy) is 1. The summed E-state index contributed by atoms with van der Waals surface area (Å²) in [4.78, 5) is 52.6. The fourth-order valence-corrected chi connectivity index (χ4v) is 5.53. The largest absolute Gasteiger partial charge is 0.462 e. The predicted octanol–water partition coefficient (Wildman–Crippen LogP) is 8.22. The molecule has 0 aliphatic heterocycles. The van der Waals surface area contributed by atoms with Gasteiger partial charge >= 0.3 is 5.97 Å². The number of unbranched alkanes of at least 4 members (excludes halogenated alkanes) is 1. The predicted molar refractivity (Wildman–Crippen MR) is 189 cm³/mol. The molecule has 0 saturated heterocycles. The van der Waals surface area contributed by atoms with Crippen LogP contribution in [0.3, 0.4) is 0 Å². The fourth-order valence-electron chi connectivity index (χ4n) is 4.33. The van der Waals surface area contributed by atoms with Gasteiger partial charge in [-0.2, -0.15) is 0 Å². The van der Waals surface area contributed by atoms with Crippen LogP contribution in [0.15, 0.2) is 114 Å². The summed E-state index contributed by atoms with van der Waals surface area (Å²) in [6.45, 7) is 4.31. The number of nitrogens with one attached hydrogen (secondary N) is 3. The SMILES string of the molecule is CCCCOC(=O)c1ccc(NC(=O)C(CC)Sc2cccc(NC(=O)/C(=C\c3ccccc3Cl)NC(=O)c3ccccc3)c2)cc1. The van der Waals surface area contributed by atoms with Crippen LogP contribution in [0.25, 0.3) is 6.08 Å². The van der Waals surface area contributed by atoms with Gasteiger partial charge in [0.05, 0.1) is 17.4 Å². The summed E-state index contributed by atoms with van der Waals surface area (Å²) < 4.78 is 5.24. The Bertz CT molecular complexity index is 1730. The van der Waals surface area contributed by atoms with Gasteiger partial charge in [-0.15, -0.1) is 11.8 Å². The first-order chi connectivity index (χ1) is 22.8. The first-order valence-electron chi connectivity index (χ1n) is 15.3. The standard InChI is InChI=1S/C37H36ClN3O5S/c1-3-5-22-46-37(45)26-18-20-28(21-19-26)39-36(44)33(4-2)47-30-16-11-15-29(24-30)40-35(43)32(23-27-14-9-10-17-31(27)38)41-34(42)25-12-7-6-8-13-25/h6-21,23-24,33H,3-5,22H2,1-2H3,(H,39,44)(H,40,43)(H,41,42)/b32-23+. The normalized spacial score (nSPS) is 11.7. The number of halogens is 1. The van der Waals surface area contributed by atoms with E-state index >= 15 is 0 Å². The van der Waals surface area contributed by atoms with Gasteiger partial charge in [-0.05, 0) is 85.1 Å². The van der Waals surface area contributed by atoms with E-state index in [0.29, 0.717) is 46.1 Å². The van der Waals surface area contributed by atoms with Gasteiger partial charge in [-0.1, -0.05) is 74.3 Å². The van der Waals surface area contributed by atoms with E-state index in [1.807, 2.05) is 19.9 Å². The third-order valence-electron chi connectivity index (χ3n) is 6.89. The number of hydrogen-bond acceptors (Lipinski definition) is 6. The molecule has 10 heteroatoms.